The number of esters is 1. The Bertz CT molecular complexity index is 641. The van der Waals surface area contributed by atoms with Crippen molar-refractivity contribution in [1.82, 2.24) is 0 Å². The van der Waals surface area contributed by atoms with Crippen LogP contribution in [0.15, 0.2) is 0 Å². The van der Waals surface area contributed by atoms with Gasteiger partial charge in [-0.2, -0.15) is 0 Å². The van der Waals surface area contributed by atoms with E-state index in [4.69, 9.17) is 4.74 Å². The summed E-state index contributed by atoms with van der Waals surface area (Å²) in [5.41, 5.74) is 0. The molecule has 3 unspecified atom stereocenters. The number of hydrogen-bond acceptors (Lipinski definition) is 8. The van der Waals surface area contributed by atoms with Gasteiger partial charge in [-0.25, -0.2) is 8.42 Å². The Balaban J connectivity index is 1.96. The van der Waals surface area contributed by atoms with Gasteiger partial charge in [0.15, 0.2) is 9.84 Å². The molecule has 2 fully saturated rings. The highest BCUT2D eigenvalue weighted by Gasteiger charge is 2.46. The lowest BCUT2D eigenvalue weighted by Crippen LogP contribution is -2.45. The molecule has 0 radical (unpaired) electrons. The quantitative estimate of drug-likeness (QED) is 0.390. The minimum absolute atomic E-state index is 0.0897. The molecule has 25 heavy (non-hydrogen) atoms. The Morgan fingerprint density at radius 3 is 2.08 bits per heavy atom. The molecule has 10 nitrogen and oxygen atoms in total. The van der Waals surface area contributed by atoms with E-state index in [0.717, 1.165) is 6.26 Å². The first-order valence-electron chi connectivity index (χ1n) is 8.26. The van der Waals surface area contributed by atoms with E-state index >= 15 is 0 Å². The molecular weight excluding hydrogens is 356 g/mol. The Hall–Kier alpha value is -1.78. The highest BCUT2D eigenvalue weighted by atomic mass is 32.2. The summed E-state index contributed by atoms with van der Waals surface area (Å²) in [7, 11) is -3.40. The number of nitro groups is 2. The molecule has 0 spiro atoms. The third-order valence-corrected chi connectivity index (χ3v) is 6.81. The van der Waals surface area contributed by atoms with Crippen LogP contribution in [0.25, 0.3) is 0 Å². The highest BCUT2D eigenvalue weighted by Crippen LogP contribution is 2.32. The number of hydrogen-bond donors (Lipinski definition) is 0. The van der Waals surface area contributed by atoms with Crippen molar-refractivity contribution in [3.05, 3.63) is 20.2 Å². The number of carbonyl (C=O) groups is 1. The zero-order valence-electron chi connectivity index (χ0n) is 13.9. The third kappa shape index (κ3) is 4.86. The van der Waals surface area contributed by atoms with Crippen LogP contribution in [0.3, 0.4) is 0 Å². The van der Waals surface area contributed by atoms with Crippen molar-refractivity contribution in [2.24, 2.45) is 5.92 Å². The maximum Gasteiger partial charge on any atom is 0.316 e. The van der Waals surface area contributed by atoms with Crippen molar-refractivity contribution in [3.63, 3.8) is 0 Å². The van der Waals surface area contributed by atoms with E-state index in [2.05, 4.69) is 0 Å². The van der Waals surface area contributed by atoms with Gasteiger partial charge in [-0.05, 0) is 25.7 Å². The second kappa shape index (κ2) is 7.63. The van der Waals surface area contributed by atoms with E-state index in [0.29, 0.717) is 25.7 Å². The monoisotopic (exact) mass is 378 g/mol. The van der Waals surface area contributed by atoms with Crippen LogP contribution in [0.4, 0.5) is 0 Å². The summed E-state index contributed by atoms with van der Waals surface area (Å²) in [5, 5.41) is 21.2. The summed E-state index contributed by atoms with van der Waals surface area (Å²) >= 11 is 0. The van der Waals surface area contributed by atoms with Crippen LogP contribution >= 0.6 is 0 Å². The first kappa shape index (κ1) is 19.5. The van der Waals surface area contributed by atoms with Gasteiger partial charge in [0.25, 0.3) is 0 Å². The summed E-state index contributed by atoms with van der Waals surface area (Å²) in [5.74, 6) is -1.67. The number of rotatable bonds is 5. The second-order valence-corrected chi connectivity index (χ2v) is 9.20. The molecule has 0 heterocycles. The fraction of sp³-hybridized carbons (Fsp3) is 0.929. The fourth-order valence-electron chi connectivity index (χ4n) is 3.63. The predicted molar refractivity (Wildman–Crippen MR) is 85.9 cm³/mol. The zero-order chi connectivity index (χ0) is 18.8. The summed E-state index contributed by atoms with van der Waals surface area (Å²) in [6, 6.07) is -1.91. The van der Waals surface area contributed by atoms with Gasteiger partial charge in [0, 0.05) is 35.4 Å². The van der Waals surface area contributed by atoms with Gasteiger partial charge in [0.2, 0.25) is 12.1 Å². The van der Waals surface area contributed by atoms with Gasteiger partial charge in [0.05, 0.1) is 5.25 Å². The second-order valence-electron chi connectivity index (χ2n) is 6.88. The van der Waals surface area contributed by atoms with Crippen molar-refractivity contribution >= 4 is 15.8 Å². The number of nitrogens with zero attached hydrogens (tertiary/aromatic N) is 2. The van der Waals surface area contributed by atoms with E-state index in [-0.39, 0.29) is 24.2 Å². The van der Waals surface area contributed by atoms with E-state index in [9.17, 15) is 33.4 Å². The van der Waals surface area contributed by atoms with Gasteiger partial charge in [0.1, 0.15) is 12.0 Å². The standard InChI is InChI=1S/C14H22N2O8S/c1-25(22,23)11-6-7-12(13(8-11)16(20)21)14(17)24-10-4-2-9(3-5-10)15(18)19/h9-13H,2-8H2,1H3. The van der Waals surface area contributed by atoms with Gasteiger partial charge < -0.3 is 4.74 Å². The Labute approximate surface area is 145 Å². The van der Waals surface area contributed by atoms with Gasteiger partial charge in [-0.1, -0.05) is 0 Å². The van der Waals surface area contributed by atoms with Crippen molar-refractivity contribution < 1.29 is 27.8 Å². The zero-order valence-corrected chi connectivity index (χ0v) is 14.7. The molecule has 2 aliphatic carbocycles. The Kier molecular flexibility index (Phi) is 5.96. The van der Waals surface area contributed by atoms with Crippen LogP contribution in [0, 0.1) is 26.1 Å². The molecule has 0 aliphatic heterocycles. The van der Waals surface area contributed by atoms with Crippen molar-refractivity contribution in [2.45, 2.75) is 68.4 Å². The maximum absolute atomic E-state index is 12.3. The Morgan fingerprint density at radius 1 is 1.00 bits per heavy atom. The smallest absolute Gasteiger partial charge is 0.316 e. The molecule has 142 valence electrons. The number of sulfone groups is 1. The minimum Gasteiger partial charge on any atom is -0.462 e. The molecule has 2 aliphatic rings. The lowest BCUT2D eigenvalue weighted by molar-refractivity contribution is -0.533. The summed E-state index contributed by atoms with van der Waals surface area (Å²) in [6.45, 7) is 0. The van der Waals surface area contributed by atoms with Gasteiger partial charge in [-0.3, -0.25) is 25.0 Å². The average Bonchev–Trinajstić information content (AvgIpc) is 2.53. The van der Waals surface area contributed by atoms with E-state index in [1.807, 2.05) is 0 Å². The maximum atomic E-state index is 12.3. The van der Waals surface area contributed by atoms with Crippen LogP contribution < -0.4 is 0 Å². The van der Waals surface area contributed by atoms with Crippen molar-refractivity contribution in [2.75, 3.05) is 6.26 Å². The van der Waals surface area contributed by atoms with Crippen LogP contribution in [-0.4, -0.2) is 53.9 Å². The van der Waals surface area contributed by atoms with Gasteiger partial charge in [-0.15, -0.1) is 0 Å². The molecule has 0 saturated heterocycles. The third-order valence-electron chi connectivity index (χ3n) is 5.17. The van der Waals surface area contributed by atoms with Crippen LogP contribution in [-0.2, 0) is 19.4 Å². The average molecular weight is 378 g/mol. The molecule has 2 rings (SSSR count). The first-order chi connectivity index (χ1) is 11.6. The molecular formula is C14H22N2O8S. The van der Waals surface area contributed by atoms with Crippen molar-refractivity contribution in [1.29, 1.82) is 0 Å². The summed E-state index contributed by atoms with van der Waals surface area (Å²) in [6.07, 6.45) is 2.00. The van der Waals surface area contributed by atoms with Crippen molar-refractivity contribution in [3.8, 4) is 0 Å². The van der Waals surface area contributed by atoms with E-state index < -0.39 is 50.1 Å². The molecule has 0 amide bonds. The van der Waals surface area contributed by atoms with Crippen LogP contribution in [0.5, 0.6) is 0 Å². The SMILES string of the molecule is CS(=O)(=O)C1CCC(C(=O)OC2CCC([N+](=O)[O-])CC2)C([N+](=O)[O-])C1. The normalized spacial score (nSPS) is 33.4. The Morgan fingerprint density at radius 2 is 1.60 bits per heavy atom. The summed E-state index contributed by atoms with van der Waals surface area (Å²) in [4.78, 5) is 33.4. The van der Waals surface area contributed by atoms with E-state index in [1.54, 1.807) is 0 Å². The topological polar surface area (TPSA) is 147 Å². The molecule has 0 N–H and O–H groups in total. The van der Waals surface area contributed by atoms with Crippen LogP contribution in [0.1, 0.15) is 44.9 Å². The lowest BCUT2D eigenvalue weighted by Gasteiger charge is -2.31. The molecule has 0 aromatic rings. The summed E-state index contributed by atoms with van der Waals surface area (Å²) < 4.78 is 28.6. The van der Waals surface area contributed by atoms with E-state index in [1.165, 1.54) is 0 Å². The molecule has 2 saturated carbocycles. The number of ether oxygens (including phenoxy) is 1. The fourth-order valence-corrected chi connectivity index (χ4v) is 4.74. The molecule has 0 aromatic carbocycles. The largest absolute Gasteiger partial charge is 0.462 e. The number of carbonyl (C=O) groups excluding carboxylic acids is 1. The van der Waals surface area contributed by atoms with Gasteiger partial charge >= 0.3 is 5.97 Å². The highest BCUT2D eigenvalue weighted by molar-refractivity contribution is 7.91. The van der Waals surface area contributed by atoms with Crippen LogP contribution in [0.2, 0.25) is 0 Å². The molecule has 3 atom stereocenters. The molecule has 0 aromatic heterocycles. The lowest BCUT2D eigenvalue weighted by atomic mass is 9.84. The minimum atomic E-state index is -3.40. The molecule has 0 bridgehead atoms. The first-order valence-corrected chi connectivity index (χ1v) is 10.2. The molecule has 11 heteroatoms. The predicted octanol–water partition coefficient (Wildman–Crippen LogP) is 0.976.